The number of amides is 1. The maximum absolute atomic E-state index is 10.3. The molecule has 0 bridgehead atoms. The molecule has 1 aliphatic heterocycles. The second kappa shape index (κ2) is 5.58. The summed E-state index contributed by atoms with van der Waals surface area (Å²) in [6, 6.07) is 1.87. The van der Waals surface area contributed by atoms with Crippen LogP contribution in [0.25, 0.3) is 0 Å². The van der Waals surface area contributed by atoms with E-state index in [4.69, 9.17) is 0 Å². The van der Waals surface area contributed by atoms with Crippen molar-refractivity contribution in [2.45, 2.75) is 6.92 Å². The number of aromatic nitrogens is 2. The molecule has 0 saturated carbocycles. The van der Waals surface area contributed by atoms with E-state index >= 15 is 0 Å². The lowest BCUT2D eigenvalue weighted by Crippen LogP contribution is -2.46. The molecule has 1 saturated heterocycles. The lowest BCUT2D eigenvalue weighted by Gasteiger charge is -2.34. The predicted molar refractivity (Wildman–Crippen MR) is 66.0 cm³/mol. The molecule has 0 atom stereocenters. The van der Waals surface area contributed by atoms with Crippen molar-refractivity contribution in [1.29, 1.82) is 0 Å². The fraction of sp³-hybridized carbons (Fsp3) is 0.545. The molecule has 0 aromatic carbocycles. The van der Waals surface area contributed by atoms with Crippen molar-refractivity contribution < 1.29 is 4.79 Å². The molecular formula is C11H17N5O. The molecule has 1 N–H and O–H groups in total. The summed E-state index contributed by atoms with van der Waals surface area (Å²) in [5.41, 5.74) is 0. The molecule has 6 heteroatoms. The first-order chi connectivity index (χ1) is 8.33. The zero-order valence-electron chi connectivity index (χ0n) is 9.96. The van der Waals surface area contributed by atoms with Gasteiger partial charge in [-0.15, -0.1) is 0 Å². The Balaban J connectivity index is 2.02. The highest BCUT2D eigenvalue weighted by Crippen LogP contribution is 2.14. The van der Waals surface area contributed by atoms with Gasteiger partial charge in [-0.2, -0.15) is 4.98 Å². The van der Waals surface area contributed by atoms with E-state index in [-0.39, 0.29) is 0 Å². The molecule has 1 aromatic heterocycles. The third-order valence-corrected chi connectivity index (χ3v) is 2.97. The molecule has 0 aliphatic carbocycles. The zero-order valence-corrected chi connectivity index (χ0v) is 9.96. The van der Waals surface area contributed by atoms with Crippen molar-refractivity contribution in [3.05, 3.63) is 12.3 Å². The number of hydrogen-bond acceptors (Lipinski definition) is 5. The largest absolute Gasteiger partial charge is 0.354 e. The van der Waals surface area contributed by atoms with Crippen LogP contribution in [0.4, 0.5) is 11.8 Å². The fourth-order valence-corrected chi connectivity index (χ4v) is 1.94. The first-order valence-corrected chi connectivity index (χ1v) is 5.84. The molecule has 1 amide bonds. The van der Waals surface area contributed by atoms with E-state index in [0.717, 1.165) is 38.5 Å². The summed E-state index contributed by atoms with van der Waals surface area (Å²) < 4.78 is 0. The van der Waals surface area contributed by atoms with Gasteiger partial charge in [0.1, 0.15) is 5.82 Å². The number of carbonyl (C=O) groups excluding carboxylic acids is 1. The molecule has 17 heavy (non-hydrogen) atoms. The van der Waals surface area contributed by atoms with Crippen LogP contribution in [0.5, 0.6) is 0 Å². The Morgan fingerprint density at radius 1 is 1.41 bits per heavy atom. The molecule has 92 valence electrons. The van der Waals surface area contributed by atoms with Crippen LogP contribution in [0.15, 0.2) is 12.3 Å². The third-order valence-electron chi connectivity index (χ3n) is 2.97. The monoisotopic (exact) mass is 235 g/mol. The highest BCUT2D eigenvalue weighted by Gasteiger charge is 2.16. The van der Waals surface area contributed by atoms with Crippen LogP contribution in [0, 0.1) is 0 Å². The molecular weight excluding hydrogens is 218 g/mol. The van der Waals surface area contributed by atoms with Crippen LogP contribution >= 0.6 is 0 Å². The Hall–Kier alpha value is -1.69. The number of carbonyl (C=O) groups is 1. The van der Waals surface area contributed by atoms with Gasteiger partial charge in [-0.3, -0.25) is 10.1 Å². The minimum Gasteiger partial charge on any atom is -0.354 e. The van der Waals surface area contributed by atoms with Gasteiger partial charge in [0.15, 0.2) is 0 Å². The highest BCUT2D eigenvalue weighted by atomic mass is 16.1. The summed E-state index contributed by atoms with van der Waals surface area (Å²) in [7, 11) is 0. The number of rotatable bonds is 4. The Bertz CT molecular complexity index is 376. The van der Waals surface area contributed by atoms with Gasteiger partial charge >= 0.3 is 0 Å². The molecule has 1 fully saturated rings. The summed E-state index contributed by atoms with van der Waals surface area (Å²) in [5, 5.41) is 2.47. The normalized spacial score (nSPS) is 16.9. The summed E-state index contributed by atoms with van der Waals surface area (Å²) in [6.45, 7) is 7.30. The Labute approximate surface area is 101 Å². The molecule has 2 rings (SSSR count). The number of likely N-dealkylation sites (N-methyl/N-ethyl adjacent to an activating group) is 1. The lowest BCUT2D eigenvalue weighted by atomic mass is 10.3. The average molecular weight is 235 g/mol. The average Bonchev–Trinajstić information content (AvgIpc) is 2.40. The van der Waals surface area contributed by atoms with E-state index in [9.17, 15) is 4.79 Å². The third kappa shape index (κ3) is 2.91. The zero-order chi connectivity index (χ0) is 12.1. The van der Waals surface area contributed by atoms with Gasteiger partial charge in [-0.1, -0.05) is 6.92 Å². The Morgan fingerprint density at radius 2 is 2.18 bits per heavy atom. The van der Waals surface area contributed by atoms with Gasteiger partial charge < -0.3 is 9.80 Å². The fourth-order valence-electron chi connectivity index (χ4n) is 1.94. The molecule has 6 nitrogen and oxygen atoms in total. The van der Waals surface area contributed by atoms with Crippen LogP contribution in [-0.2, 0) is 4.79 Å². The smallest absolute Gasteiger partial charge is 0.231 e. The standard InChI is InChI=1S/C11H17N5O/c1-2-15-5-7-16(8-6-15)10-3-4-12-11(14-10)13-9-17/h3-4,9H,2,5-8H2,1H3,(H,12,13,14,17). The molecule has 0 radical (unpaired) electrons. The number of nitrogens with one attached hydrogen (secondary N) is 1. The lowest BCUT2D eigenvalue weighted by molar-refractivity contribution is -0.105. The van der Waals surface area contributed by atoms with Gasteiger partial charge in [0.05, 0.1) is 0 Å². The maximum atomic E-state index is 10.3. The number of nitrogens with zero attached hydrogens (tertiary/aromatic N) is 4. The molecule has 2 heterocycles. The Morgan fingerprint density at radius 3 is 2.82 bits per heavy atom. The quantitative estimate of drug-likeness (QED) is 0.755. The minimum absolute atomic E-state index is 0.357. The van der Waals surface area contributed by atoms with E-state index < -0.39 is 0 Å². The van der Waals surface area contributed by atoms with E-state index in [1.54, 1.807) is 6.20 Å². The summed E-state index contributed by atoms with van der Waals surface area (Å²) >= 11 is 0. The van der Waals surface area contributed by atoms with Crippen LogP contribution in [0.1, 0.15) is 6.92 Å². The topological polar surface area (TPSA) is 61.4 Å². The number of anilines is 2. The van der Waals surface area contributed by atoms with Crippen LogP contribution < -0.4 is 10.2 Å². The molecule has 0 spiro atoms. The van der Waals surface area contributed by atoms with E-state index in [0.29, 0.717) is 12.4 Å². The Kier molecular flexibility index (Phi) is 3.87. The molecule has 1 aromatic rings. The van der Waals surface area contributed by atoms with Crippen molar-refractivity contribution in [3.8, 4) is 0 Å². The van der Waals surface area contributed by atoms with E-state index in [2.05, 4.69) is 32.0 Å². The maximum Gasteiger partial charge on any atom is 0.231 e. The predicted octanol–water partition coefficient (Wildman–Crippen LogP) is 0.187. The summed E-state index contributed by atoms with van der Waals surface area (Å²) in [5.74, 6) is 1.23. The van der Waals surface area contributed by atoms with Crippen molar-refractivity contribution >= 4 is 18.2 Å². The summed E-state index contributed by atoms with van der Waals surface area (Å²) in [6.07, 6.45) is 2.26. The van der Waals surface area contributed by atoms with Gasteiger partial charge in [0.2, 0.25) is 12.4 Å². The number of hydrogen-bond donors (Lipinski definition) is 1. The van der Waals surface area contributed by atoms with Crippen LogP contribution in [0.2, 0.25) is 0 Å². The van der Waals surface area contributed by atoms with E-state index in [1.165, 1.54) is 0 Å². The second-order valence-electron chi connectivity index (χ2n) is 3.92. The summed E-state index contributed by atoms with van der Waals surface area (Å²) in [4.78, 5) is 23.2. The first kappa shape index (κ1) is 11.8. The minimum atomic E-state index is 0.357. The van der Waals surface area contributed by atoms with Crippen molar-refractivity contribution in [3.63, 3.8) is 0 Å². The van der Waals surface area contributed by atoms with Gasteiger partial charge in [0, 0.05) is 32.4 Å². The highest BCUT2D eigenvalue weighted by molar-refractivity contribution is 5.67. The van der Waals surface area contributed by atoms with Gasteiger partial charge in [0.25, 0.3) is 0 Å². The van der Waals surface area contributed by atoms with Gasteiger partial charge in [-0.05, 0) is 12.6 Å². The van der Waals surface area contributed by atoms with Crippen molar-refractivity contribution in [1.82, 2.24) is 14.9 Å². The molecule has 1 aliphatic rings. The van der Waals surface area contributed by atoms with Crippen LogP contribution in [-0.4, -0.2) is 54.0 Å². The van der Waals surface area contributed by atoms with E-state index in [1.807, 2.05) is 6.07 Å². The number of piperazine rings is 1. The first-order valence-electron chi connectivity index (χ1n) is 5.84. The second-order valence-corrected chi connectivity index (χ2v) is 3.92. The SMILES string of the molecule is CCN1CCN(c2ccnc(NC=O)n2)CC1. The van der Waals surface area contributed by atoms with Crippen molar-refractivity contribution in [2.24, 2.45) is 0 Å². The van der Waals surface area contributed by atoms with Crippen molar-refractivity contribution in [2.75, 3.05) is 42.9 Å². The molecule has 0 unspecified atom stereocenters. The van der Waals surface area contributed by atoms with Gasteiger partial charge in [-0.25, -0.2) is 4.98 Å². The van der Waals surface area contributed by atoms with Crippen LogP contribution in [0.3, 0.4) is 0 Å².